The van der Waals surface area contributed by atoms with E-state index in [0.717, 1.165) is 5.56 Å². The monoisotopic (exact) mass is 368 g/mol. The van der Waals surface area contributed by atoms with Gasteiger partial charge in [-0.15, -0.1) is 0 Å². The molecule has 1 N–H and O–H groups in total. The normalized spacial score (nSPS) is 10.2. The third-order valence-corrected chi connectivity index (χ3v) is 3.67. The van der Waals surface area contributed by atoms with E-state index in [0.29, 0.717) is 15.1 Å². The Balaban J connectivity index is 2.02. The van der Waals surface area contributed by atoms with Crippen LogP contribution in [0.3, 0.4) is 0 Å². The maximum absolute atomic E-state index is 12.0. The van der Waals surface area contributed by atoms with Gasteiger partial charge in [-0.1, -0.05) is 23.7 Å². The molecule has 1 amide bonds. The van der Waals surface area contributed by atoms with E-state index >= 15 is 0 Å². The molecule has 108 valence electrons. The molecule has 0 spiro atoms. The van der Waals surface area contributed by atoms with E-state index in [1.807, 2.05) is 0 Å². The van der Waals surface area contributed by atoms with Crippen molar-refractivity contribution in [3.63, 3.8) is 0 Å². The fourth-order valence-corrected chi connectivity index (χ4v) is 2.55. The van der Waals surface area contributed by atoms with Gasteiger partial charge in [0, 0.05) is 28.2 Å². The zero-order valence-corrected chi connectivity index (χ0v) is 13.0. The van der Waals surface area contributed by atoms with Gasteiger partial charge in [0.25, 0.3) is 11.6 Å². The van der Waals surface area contributed by atoms with Crippen LogP contribution < -0.4 is 5.32 Å². The summed E-state index contributed by atoms with van der Waals surface area (Å²) < 4.78 is 0.608. The molecule has 0 heterocycles. The highest BCUT2D eigenvalue weighted by Crippen LogP contribution is 2.21. The maximum Gasteiger partial charge on any atom is 0.269 e. The number of hydrogen-bond donors (Lipinski definition) is 1. The Hall–Kier alpha value is -1.92. The third kappa shape index (κ3) is 4.03. The summed E-state index contributed by atoms with van der Waals surface area (Å²) in [6.07, 6.45) is 0. The fraction of sp³-hybridized carbons (Fsp3) is 0.0714. The van der Waals surface area contributed by atoms with Gasteiger partial charge in [-0.05, 0) is 39.7 Å². The first-order valence-corrected chi connectivity index (χ1v) is 7.11. The molecule has 0 atom stereocenters. The first kappa shape index (κ1) is 15.5. The van der Waals surface area contributed by atoms with Crippen LogP contribution in [0.25, 0.3) is 0 Å². The Kier molecular flexibility index (Phi) is 4.93. The minimum Gasteiger partial charge on any atom is -0.348 e. The summed E-state index contributed by atoms with van der Waals surface area (Å²) in [5.41, 5.74) is 1.27. The number of rotatable bonds is 4. The van der Waals surface area contributed by atoms with Crippen molar-refractivity contribution in [3.05, 3.63) is 73.2 Å². The molecule has 0 aliphatic carbocycles. The summed E-state index contributed by atoms with van der Waals surface area (Å²) in [6.45, 7) is 0.284. The number of benzene rings is 2. The molecule has 0 aliphatic rings. The summed E-state index contributed by atoms with van der Waals surface area (Å²) in [7, 11) is 0. The Morgan fingerprint density at radius 2 is 1.90 bits per heavy atom. The Labute approximate surface area is 134 Å². The number of nitrogens with one attached hydrogen (secondary N) is 1. The van der Waals surface area contributed by atoms with Crippen molar-refractivity contribution in [2.24, 2.45) is 0 Å². The molecule has 21 heavy (non-hydrogen) atoms. The number of hydrogen-bond acceptors (Lipinski definition) is 3. The molecule has 0 unspecified atom stereocenters. The molecule has 0 saturated carbocycles. The first-order valence-electron chi connectivity index (χ1n) is 5.94. The SMILES string of the molecule is O=C(NCc1ccc([N+](=O)[O-])cc1)c1ccc(Cl)cc1Br. The molecule has 5 nitrogen and oxygen atoms in total. The molecule has 0 saturated heterocycles. The van der Waals surface area contributed by atoms with Crippen LogP contribution >= 0.6 is 27.5 Å². The Morgan fingerprint density at radius 3 is 2.48 bits per heavy atom. The van der Waals surface area contributed by atoms with Crippen molar-refractivity contribution in [2.75, 3.05) is 0 Å². The number of carbonyl (C=O) groups is 1. The molecule has 2 aromatic rings. The topological polar surface area (TPSA) is 72.2 Å². The van der Waals surface area contributed by atoms with Gasteiger partial charge < -0.3 is 5.32 Å². The highest BCUT2D eigenvalue weighted by Gasteiger charge is 2.10. The largest absolute Gasteiger partial charge is 0.348 e. The number of nitro benzene ring substituents is 1. The molecule has 0 bridgehead atoms. The smallest absolute Gasteiger partial charge is 0.269 e. The summed E-state index contributed by atoms with van der Waals surface area (Å²) in [5.74, 6) is -0.253. The lowest BCUT2D eigenvalue weighted by Crippen LogP contribution is -2.23. The summed E-state index contributed by atoms with van der Waals surface area (Å²) >= 11 is 9.10. The van der Waals surface area contributed by atoms with Crippen molar-refractivity contribution in [1.82, 2.24) is 5.32 Å². The van der Waals surface area contributed by atoms with Gasteiger partial charge in [0.05, 0.1) is 10.5 Å². The fourth-order valence-electron chi connectivity index (χ4n) is 1.69. The second-order valence-corrected chi connectivity index (χ2v) is 5.52. The minimum absolute atomic E-state index is 0.0190. The number of halogens is 2. The van der Waals surface area contributed by atoms with Gasteiger partial charge in [-0.2, -0.15) is 0 Å². The Morgan fingerprint density at radius 1 is 1.24 bits per heavy atom. The van der Waals surface area contributed by atoms with E-state index in [4.69, 9.17) is 11.6 Å². The van der Waals surface area contributed by atoms with Crippen LogP contribution in [-0.4, -0.2) is 10.8 Å². The summed E-state index contributed by atoms with van der Waals surface area (Å²) in [6, 6.07) is 10.9. The van der Waals surface area contributed by atoms with Crippen molar-refractivity contribution < 1.29 is 9.72 Å². The van der Waals surface area contributed by atoms with Gasteiger partial charge in [0.2, 0.25) is 0 Å². The lowest BCUT2D eigenvalue weighted by Gasteiger charge is -2.07. The lowest BCUT2D eigenvalue weighted by atomic mass is 10.2. The van der Waals surface area contributed by atoms with Crippen molar-refractivity contribution in [2.45, 2.75) is 6.54 Å². The van der Waals surface area contributed by atoms with Crippen LogP contribution in [0.5, 0.6) is 0 Å². The number of amides is 1. The van der Waals surface area contributed by atoms with E-state index in [1.54, 1.807) is 30.3 Å². The molecular weight excluding hydrogens is 360 g/mol. The molecule has 2 aromatic carbocycles. The van der Waals surface area contributed by atoms with Crippen LogP contribution in [0.2, 0.25) is 5.02 Å². The lowest BCUT2D eigenvalue weighted by molar-refractivity contribution is -0.384. The predicted octanol–water partition coefficient (Wildman–Crippen LogP) is 3.94. The second kappa shape index (κ2) is 6.69. The second-order valence-electron chi connectivity index (χ2n) is 4.23. The van der Waals surface area contributed by atoms with Crippen molar-refractivity contribution >= 4 is 39.1 Å². The zero-order chi connectivity index (χ0) is 15.4. The van der Waals surface area contributed by atoms with E-state index in [-0.39, 0.29) is 18.1 Å². The van der Waals surface area contributed by atoms with Gasteiger partial charge in [-0.25, -0.2) is 0 Å². The standard InChI is InChI=1S/C14H10BrClN2O3/c15-13-7-10(16)3-6-12(13)14(19)17-8-9-1-4-11(5-2-9)18(20)21/h1-7H,8H2,(H,17,19). The molecule has 0 aromatic heterocycles. The minimum atomic E-state index is -0.465. The van der Waals surface area contributed by atoms with Gasteiger partial charge in [-0.3, -0.25) is 14.9 Å². The van der Waals surface area contributed by atoms with E-state index in [2.05, 4.69) is 21.2 Å². The van der Waals surface area contributed by atoms with Crippen LogP contribution in [0.4, 0.5) is 5.69 Å². The van der Waals surface area contributed by atoms with E-state index in [1.165, 1.54) is 12.1 Å². The zero-order valence-electron chi connectivity index (χ0n) is 10.7. The van der Waals surface area contributed by atoms with Gasteiger partial charge >= 0.3 is 0 Å². The molecule has 0 fully saturated rings. The highest BCUT2D eigenvalue weighted by molar-refractivity contribution is 9.10. The van der Waals surface area contributed by atoms with Crippen LogP contribution in [-0.2, 0) is 6.54 Å². The van der Waals surface area contributed by atoms with Gasteiger partial charge in [0.1, 0.15) is 0 Å². The molecule has 7 heteroatoms. The number of nitro groups is 1. The molecular formula is C14H10BrClN2O3. The Bertz CT molecular complexity index is 689. The number of nitrogens with zero attached hydrogens (tertiary/aromatic N) is 1. The first-order chi connectivity index (χ1) is 9.97. The number of non-ortho nitro benzene ring substituents is 1. The van der Waals surface area contributed by atoms with E-state index in [9.17, 15) is 14.9 Å². The van der Waals surface area contributed by atoms with E-state index < -0.39 is 4.92 Å². The van der Waals surface area contributed by atoms with Gasteiger partial charge in [0.15, 0.2) is 0 Å². The molecule has 2 rings (SSSR count). The molecule has 0 radical (unpaired) electrons. The quantitative estimate of drug-likeness (QED) is 0.655. The summed E-state index contributed by atoms with van der Waals surface area (Å²) in [4.78, 5) is 22.1. The van der Waals surface area contributed by atoms with Crippen LogP contribution in [0.1, 0.15) is 15.9 Å². The molecule has 0 aliphatic heterocycles. The third-order valence-electron chi connectivity index (χ3n) is 2.78. The highest BCUT2D eigenvalue weighted by atomic mass is 79.9. The summed E-state index contributed by atoms with van der Waals surface area (Å²) in [5, 5.41) is 13.8. The van der Waals surface area contributed by atoms with Crippen LogP contribution in [0, 0.1) is 10.1 Å². The van der Waals surface area contributed by atoms with Crippen molar-refractivity contribution in [3.8, 4) is 0 Å². The average Bonchev–Trinajstić information content (AvgIpc) is 2.45. The van der Waals surface area contributed by atoms with Crippen LogP contribution in [0.15, 0.2) is 46.9 Å². The van der Waals surface area contributed by atoms with Crippen molar-refractivity contribution in [1.29, 1.82) is 0 Å². The number of carbonyl (C=O) groups excluding carboxylic acids is 1. The maximum atomic E-state index is 12.0. The predicted molar refractivity (Wildman–Crippen MR) is 83.4 cm³/mol. The average molecular weight is 370 g/mol.